The van der Waals surface area contributed by atoms with Crippen LogP contribution in [0.1, 0.15) is 20.3 Å². The van der Waals surface area contributed by atoms with Crippen molar-refractivity contribution in [3.63, 3.8) is 0 Å². The molecule has 12 heteroatoms. The molecule has 0 spiro atoms. The maximum atomic E-state index is 13.5. The highest BCUT2D eigenvalue weighted by Crippen LogP contribution is 2.32. The Bertz CT molecular complexity index is 1310. The number of aromatic nitrogens is 5. The lowest BCUT2D eigenvalue weighted by atomic mass is 10.1. The molecule has 10 nitrogen and oxygen atoms in total. The number of anilines is 1. The molecule has 0 fully saturated rings. The van der Waals surface area contributed by atoms with Gasteiger partial charge in [-0.3, -0.25) is 19.4 Å². The first-order valence-electron chi connectivity index (χ1n) is 11.0. The first kappa shape index (κ1) is 24.8. The maximum absolute atomic E-state index is 13.5. The number of nitrogens with two attached hydrogens (primary N) is 1. The van der Waals surface area contributed by atoms with Gasteiger partial charge in [0.2, 0.25) is 5.95 Å². The highest BCUT2D eigenvalue weighted by Gasteiger charge is 2.25. The largest absolute Gasteiger partial charge is 0.368 e. The van der Waals surface area contributed by atoms with E-state index in [2.05, 4.69) is 42.4 Å². The third-order valence-corrected chi connectivity index (χ3v) is 7.91. The molecule has 0 aliphatic carbocycles. The molecule has 182 valence electrons. The monoisotopic (exact) mass is 598 g/mol. The third-order valence-electron chi connectivity index (χ3n) is 5.92. The lowest BCUT2D eigenvalue weighted by Crippen LogP contribution is -2.33. The van der Waals surface area contributed by atoms with Gasteiger partial charge in [-0.2, -0.15) is 9.97 Å². The molecule has 0 saturated carbocycles. The molecule has 4 rings (SSSR count). The minimum absolute atomic E-state index is 0.00735. The average molecular weight is 599 g/mol. The Morgan fingerprint density at radius 2 is 1.91 bits per heavy atom. The topological polar surface area (TPSA) is 119 Å². The zero-order valence-corrected chi connectivity index (χ0v) is 22.0. The first-order valence-corrected chi connectivity index (χ1v) is 12.5. The van der Waals surface area contributed by atoms with E-state index < -0.39 is 0 Å². The van der Waals surface area contributed by atoms with Crippen LogP contribution in [-0.2, 0) is 19.6 Å². The SMILES string of the molecule is CC1=C(I)C(C)=C(Cn2c(=O)n(CCNCCCn3cccc3)c3c(Cl)nc(N)nc32)N(O)C1. The van der Waals surface area contributed by atoms with Crippen LogP contribution in [0.4, 0.5) is 5.95 Å². The lowest BCUT2D eigenvalue weighted by Gasteiger charge is -2.28. The van der Waals surface area contributed by atoms with Gasteiger partial charge in [0.15, 0.2) is 10.8 Å². The summed E-state index contributed by atoms with van der Waals surface area (Å²) in [6, 6.07) is 4.01. The molecular weight excluding hydrogens is 571 g/mol. The standard InChI is InChI=1S/C22H28ClIN8O2/c1-14-12-32(34)16(15(2)17(14)24)13-31-20-18(19(23)27-21(25)28-20)30(22(31)33)11-7-26-6-5-10-29-8-3-4-9-29/h3-4,8-9,26,34H,5-7,10-13H2,1-2H3,(H2,25,27,28). The lowest BCUT2D eigenvalue weighted by molar-refractivity contribution is -0.0534. The van der Waals surface area contributed by atoms with Gasteiger partial charge in [-0.15, -0.1) is 0 Å². The van der Waals surface area contributed by atoms with Gasteiger partial charge in [-0.1, -0.05) is 11.6 Å². The van der Waals surface area contributed by atoms with Crippen LogP contribution < -0.4 is 16.7 Å². The van der Waals surface area contributed by atoms with Gasteiger partial charge in [-0.05, 0) is 72.7 Å². The van der Waals surface area contributed by atoms with Crippen molar-refractivity contribution in [3.8, 4) is 0 Å². The summed E-state index contributed by atoms with van der Waals surface area (Å²) < 4.78 is 6.28. The van der Waals surface area contributed by atoms with E-state index >= 15 is 0 Å². The Kier molecular flexibility index (Phi) is 7.65. The maximum Gasteiger partial charge on any atom is 0.330 e. The fourth-order valence-corrected chi connectivity index (χ4v) is 4.89. The molecule has 1 aliphatic heterocycles. The molecule has 0 atom stereocenters. The van der Waals surface area contributed by atoms with Crippen LogP contribution >= 0.6 is 34.2 Å². The van der Waals surface area contributed by atoms with Crippen molar-refractivity contribution >= 4 is 51.3 Å². The molecular formula is C22H28ClIN8O2. The van der Waals surface area contributed by atoms with E-state index in [0.29, 0.717) is 36.5 Å². The van der Waals surface area contributed by atoms with E-state index in [-0.39, 0.29) is 23.3 Å². The Hall–Kier alpha value is -2.35. The summed E-state index contributed by atoms with van der Waals surface area (Å²) >= 11 is 8.67. The zero-order valence-electron chi connectivity index (χ0n) is 19.1. The summed E-state index contributed by atoms with van der Waals surface area (Å²) in [5.74, 6) is -0.00735. The van der Waals surface area contributed by atoms with Crippen molar-refractivity contribution in [1.82, 2.24) is 34.0 Å². The summed E-state index contributed by atoms with van der Waals surface area (Å²) in [6.45, 7) is 7.15. The van der Waals surface area contributed by atoms with Gasteiger partial charge in [0, 0.05) is 35.6 Å². The molecule has 0 amide bonds. The number of nitrogens with one attached hydrogen (secondary N) is 1. The number of hydrogen-bond donors (Lipinski definition) is 3. The Morgan fingerprint density at radius 1 is 1.18 bits per heavy atom. The normalized spacial score (nSPS) is 14.7. The van der Waals surface area contributed by atoms with Crippen molar-refractivity contribution in [2.45, 2.75) is 39.9 Å². The molecule has 4 N–H and O–H groups in total. The molecule has 0 saturated heterocycles. The highest BCUT2D eigenvalue weighted by atomic mass is 127. The fraction of sp³-hybridized carbons (Fsp3) is 0.409. The van der Waals surface area contributed by atoms with Crippen molar-refractivity contribution < 1.29 is 5.21 Å². The van der Waals surface area contributed by atoms with E-state index in [1.807, 2.05) is 38.4 Å². The summed E-state index contributed by atoms with van der Waals surface area (Å²) in [7, 11) is 0. The van der Waals surface area contributed by atoms with Crippen LogP contribution in [0.25, 0.3) is 11.2 Å². The molecule has 34 heavy (non-hydrogen) atoms. The van der Waals surface area contributed by atoms with Gasteiger partial charge in [0.25, 0.3) is 0 Å². The van der Waals surface area contributed by atoms with E-state index in [1.54, 1.807) is 4.57 Å². The molecule has 1 aliphatic rings. The summed E-state index contributed by atoms with van der Waals surface area (Å²) in [4.78, 5) is 21.8. The van der Waals surface area contributed by atoms with Crippen LogP contribution in [0.2, 0.25) is 5.15 Å². The second-order valence-corrected chi connectivity index (χ2v) is 9.75. The zero-order chi connectivity index (χ0) is 24.4. The molecule has 0 unspecified atom stereocenters. The number of nitrogens with zero attached hydrogens (tertiary/aromatic N) is 6. The summed E-state index contributed by atoms with van der Waals surface area (Å²) in [5, 5.41) is 15.3. The predicted octanol–water partition coefficient (Wildman–Crippen LogP) is 3.00. The average Bonchev–Trinajstić information content (AvgIpc) is 3.39. The number of aryl methyl sites for hydroxylation is 1. The number of hydroxylamine groups is 2. The minimum atomic E-state index is -0.277. The number of allylic oxidation sites excluding steroid dienone is 3. The predicted molar refractivity (Wildman–Crippen MR) is 141 cm³/mol. The number of imidazole rings is 1. The minimum Gasteiger partial charge on any atom is -0.368 e. The van der Waals surface area contributed by atoms with Crippen LogP contribution in [0.3, 0.4) is 0 Å². The molecule has 3 aromatic heterocycles. The molecule has 0 radical (unpaired) electrons. The molecule has 0 aromatic carbocycles. The van der Waals surface area contributed by atoms with Gasteiger partial charge >= 0.3 is 5.69 Å². The third kappa shape index (κ3) is 5.02. The molecule has 4 heterocycles. The van der Waals surface area contributed by atoms with Crippen molar-refractivity contribution in [2.24, 2.45) is 0 Å². The van der Waals surface area contributed by atoms with Crippen molar-refractivity contribution in [2.75, 3.05) is 25.4 Å². The van der Waals surface area contributed by atoms with E-state index in [9.17, 15) is 10.0 Å². The Morgan fingerprint density at radius 3 is 2.65 bits per heavy atom. The van der Waals surface area contributed by atoms with E-state index in [4.69, 9.17) is 17.3 Å². The number of nitrogen functional groups attached to an aromatic ring is 1. The number of hydrogen-bond acceptors (Lipinski definition) is 7. The van der Waals surface area contributed by atoms with Gasteiger partial charge in [0.1, 0.15) is 5.52 Å². The second kappa shape index (κ2) is 10.5. The van der Waals surface area contributed by atoms with Gasteiger partial charge in [0.05, 0.1) is 18.8 Å². The smallest absolute Gasteiger partial charge is 0.330 e. The second-order valence-electron chi connectivity index (χ2n) is 8.31. The van der Waals surface area contributed by atoms with Gasteiger partial charge in [-0.25, -0.2) is 4.79 Å². The Labute approximate surface area is 215 Å². The first-order chi connectivity index (χ1) is 16.3. The summed E-state index contributed by atoms with van der Waals surface area (Å²) in [6.07, 6.45) is 5.05. The van der Waals surface area contributed by atoms with E-state index in [0.717, 1.165) is 34.2 Å². The number of fused-ring (bicyclic) bond motifs is 1. The van der Waals surface area contributed by atoms with Crippen LogP contribution in [0, 0.1) is 0 Å². The summed E-state index contributed by atoms with van der Waals surface area (Å²) in [5.41, 5.74) is 8.98. The van der Waals surface area contributed by atoms with Gasteiger partial charge < -0.3 is 15.6 Å². The highest BCUT2D eigenvalue weighted by molar-refractivity contribution is 14.1. The number of halogens is 2. The fourth-order valence-electron chi connectivity index (χ4n) is 4.14. The Balaban J connectivity index is 1.57. The molecule has 3 aromatic rings. The molecule has 0 bridgehead atoms. The van der Waals surface area contributed by atoms with E-state index in [1.165, 1.54) is 9.63 Å². The quantitative estimate of drug-likeness (QED) is 0.197. The number of rotatable bonds is 9. The van der Waals surface area contributed by atoms with Crippen molar-refractivity contribution in [3.05, 3.63) is 60.6 Å². The van der Waals surface area contributed by atoms with Crippen LogP contribution in [0.15, 0.2) is 49.7 Å². The van der Waals surface area contributed by atoms with Crippen LogP contribution in [0.5, 0.6) is 0 Å². The van der Waals surface area contributed by atoms with Crippen LogP contribution in [-0.4, -0.2) is 53.6 Å². The van der Waals surface area contributed by atoms with Crippen molar-refractivity contribution in [1.29, 1.82) is 0 Å².